The molecule has 7 aromatic carbocycles. The van der Waals surface area contributed by atoms with Crippen molar-refractivity contribution in [2.24, 2.45) is 0 Å². The van der Waals surface area contributed by atoms with Crippen molar-refractivity contribution in [2.45, 2.75) is 0 Å². The Kier molecular flexibility index (Phi) is 5.05. The minimum Gasteiger partial charge on any atom is -0.456 e. The van der Waals surface area contributed by atoms with Gasteiger partial charge in [0.2, 0.25) is 5.95 Å². The van der Waals surface area contributed by atoms with Gasteiger partial charge in [0.15, 0.2) is 11.6 Å². The zero-order valence-corrected chi connectivity index (χ0v) is 25.6. The van der Waals surface area contributed by atoms with Gasteiger partial charge in [-0.15, -0.1) is 0 Å². The third-order valence-electron chi connectivity index (χ3n) is 9.78. The van der Waals surface area contributed by atoms with Gasteiger partial charge in [0, 0.05) is 32.7 Å². The molecule has 0 atom stereocenters. The number of nitrogens with zero attached hydrogens (tertiary/aromatic N) is 4. The van der Waals surface area contributed by atoms with Crippen LogP contribution in [0.4, 0.5) is 0 Å². The molecule has 0 saturated carbocycles. The first-order chi connectivity index (χ1) is 23.8. The molecule has 11 rings (SSSR count). The molecule has 0 fully saturated rings. The largest absolute Gasteiger partial charge is 0.456 e. The maximum Gasteiger partial charge on any atom is 0.238 e. The maximum atomic E-state index is 6.43. The molecule has 0 saturated heterocycles. The van der Waals surface area contributed by atoms with Gasteiger partial charge in [-0.05, 0) is 63.4 Å². The molecule has 0 N–H and O–H groups in total. The first-order valence-corrected chi connectivity index (χ1v) is 16.1. The zero-order chi connectivity index (χ0) is 31.3. The van der Waals surface area contributed by atoms with Gasteiger partial charge in [-0.1, -0.05) is 115 Å². The lowest BCUT2D eigenvalue weighted by Crippen LogP contribution is -2.06. The number of benzene rings is 7. The van der Waals surface area contributed by atoms with Crippen molar-refractivity contribution in [3.8, 4) is 51.0 Å². The van der Waals surface area contributed by atoms with Gasteiger partial charge >= 0.3 is 0 Å². The Morgan fingerprint density at radius 2 is 1.06 bits per heavy atom. The highest BCUT2D eigenvalue weighted by Crippen LogP contribution is 2.51. The van der Waals surface area contributed by atoms with Gasteiger partial charge in [0.1, 0.15) is 11.2 Å². The van der Waals surface area contributed by atoms with Crippen LogP contribution in [0.1, 0.15) is 0 Å². The van der Waals surface area contributed by atoms with Crippen molar-refractivity contribution in [3.63, 3.8) is 0 Å². The Morgan fingerprint density at radius 1 is 0.417 bits per heavy atom. The SMILES string of the molecule is c1ccc(-c2nc(-c3ccccc3)nc(-n3c4cccc5c4c4c6c(cccc6ccc43)-c3cc4c(cc3-5)oc3ccccc34)n2)cc1. The van der Waals surface area contributed by atoms with Gasteiger partial charge in [0.05, 0.1) is 11.0 Å². The standard InChI is InChI=1S/C43H24N4O/c1-3-11-26(12-4-1)41-44-42(27-13-5-2-6-14-27)46-43(45-41)47-34-19-10-18-30-32-24-37-33(28-16-7-8-20-36(28)48-37)23-31(32)29-17-9-15-25-21-22-35(47)40(38(25)29)39(30)34/h1-24H. The number of hydrogen-bond donors (Lipinski definition) is 0. The molecule has 5 nitrogen and oxygen atoms in total. The van der Waals surface area contributed by atoms with Crippen molar-refractivity contribution >= 4 is 54.5 Å². The third kappa shape index (κ3) is 3.47. The highest BCUT2D eigenvalue weighted by molar-refractivity contribution is 6.31. The highest BCUT2D eigenvalue weighted by Gasteiger charge is 2.27. The van der Waals surface area contributed by atoms with Crippen molar-refractivity contribution in [1.82, 2.24) is 19.5 Å². The Labute approximate surface area is 274 Å². The van der Waals surface area contributed by atoms with Crippen LogP contribution in [0.5, 0.6) is 0 Å². The molecule has 48 heavy (non-hydrogen) atoms. The van der Waals surface area contributed by atoms with Gasteiger partial charge in [0.25, 0.3) is 0 Å². The molecule has 0 amide bonds. The summed E-state index contributed by atoms with van der Waals surface area (Å²) in [6.07, 6.45) is 0. The molecule has 222 valence electrons. The van der Waals surface area contributed by atoms with Crippen LogP contribution >= 0.6 is 0 Å². The van der Waals surface area contributed by atoms with E-state index in [0.717, 1.165) is 55.2 Å². The van der Waals surface area contributed by atoms with Crippen LogP contribution in [0, 0.1) is 0 Å². The normalized spacial score (nSPS) is 12.2. The van der Waals surface area contributed by atoms with Gasteiger partial charge in [-0.2, -0.15) is 9.97 Å². The fraction of sp³-hybridized carbons (Fsp3) is 0. The molecular formula is C43H24N4O. The van der Waals surface area contributed by atoms with E-state index < -0.39 is 0 Å². The van der Waals surface area contributed by atoms with E-state index in [1.54, 1.807) is 0 Å². The van der Waals surface area contributed by atoms with Crippen LogP contribution < -0.4 is 0 Å². The molecule has 0 radical (unpaired) electrons. The average molecular weight is 613 g/mol. The zero-order valence-electron chi connectivity index (χ0n) is 25.6. The van der Waals surface area contributed by atoms with E-state index >= 15 is 0 Å². The molecule has 10 aromatic rings. The van der Waals surface area contributed by atoms with Crippen molar-refractivity contribution in [2.75, 3.05) is 0 Å². The molecule has 3 aromatic heterocycles. The van der Waals surface area contributed by atoms with Gasteiger partial charge in [-0.3, -0.25) is 4.57 Å². The minimum absolute atomic E-state index is 0.588. The van der Waals surface area contributed by atoms with Crippen LogP contribution in [0.3, 0.4) is 0 Å². The van der Waals surface area contributed by atoms with E-state index in [4.69, 9.17) is 19.4 Å². The predicted octanol–water partition coefficient (Wildman–Crippen LogP) is 11.0. The molecule has 0 aliphatic heterocycles. The Bertz CT molecular complexity index is 2880. The van der Waals surface area contributed by atoms with Crippen LogP contribution in [-0.2, 0) is 0 Å². The molecule has 1 aliphatic carbocycles. The lowest BCUT2D eigenvalue weighted by atomic mass is 9.92. The summed E-state index contributed by atoms with van der Waals surface area (Å²) in [7, 11) is 0. The molecular weight excluding hydrogens is 589 g/mol. The lowest BCUT2D eigenvalue weighted by Gasteiger charge is -2.14. The quantitative estimate of drug-likeness (QED) is 0.199. The van der Waals surface area contributed by atoms with Crippen molar-refractivity contribution < 1.29 is 4.42 Å². The molecule has 3 heterocycles. The molecule has 0 unspecified atom stereocenters. The Balaban J connectivity index is 1.28. The number of aromatic nitrogens is 4. The van der Waals surface area contributed by atoms with E-state index in [-0.39, 0.29) is 0 Å². The highest BCUT2D eigenvalue weighted by atomic mass is 16.3. The lowest BCUT2D eigenvalue weighted by molar-refractivity contribution is 0.669. The summed E-state index contributed by atoms with van der Waals surface area (Å²) in [4.78, 5) is 15.3. The summed E-state index contributed by atoms with van der Waals surface area (Å²) >= 11 is 0. The van der Waals surface area contributed by atoms with E-state index in [9.17, 15) is 0 Å². The van der Waals surface area contributed by atoms with E-state index in [1.807, 2.05) is 72.8 Å². The third-order valence-corrected chi connectivity index (χ3v) is 9.78. The second-order valence-electron chi connectivity index (χ2n) is 12.4. The summed E-state index contributed by atoms with van der Waals surface area (Å²) in [6.45, 7) is 0. The summed E-state index contributed by atoms with van der Waals surface area (Å²) in [5.41, 5.74) is 10.5. The topological polar surface area (TPSA) is 56.7 Å². The van der Waals surface area contributed by atoms with E-state index in [0.29, 0.717) is 17.6 Å². The number of rotatable bonds is 3. The van der Waals surface area contributed by atoms with Gasteiger partial charge < -0.3 is 4.42 Å². The summed E-state index contributed by atoms with van der Waals surface area (Å²) in [5, 5.41) is 7.08. The number of hydrogen-bond acceptors (Lipinski definition) is 4. The van der Waals surface area contributed by atoms with Crippen LogP contribution in [0.2, 0.25) is 0 Å². The summed E-state index contributed by atoms with van der Waals surface area (Å²) in [5.74, 6) is 1.86. The van der Waals surface area contributed by atoms with Crippen molar-refractivity contribution in [3.05, 3.63) is 146 Å². The van der Waals surface area contributed by atoms with Crippen LogP contribution in [0.15, 0.2) is 150 Å². The molecule has 0 bridgehead atoms. The van der Waals surface area contributed by atoms with Gasteiger partial charge in [-0.25, -0.2) is 4.98 Å². The van der Waals surface area contributed by atoms with Crippen LogP contribution in [0.25, 0.3) is 105 Å². The summed E-state index contributed by atoms with van der Waals surface area (Å²) in [6, 6.07) is 50.8. The minimum atomic E-state index is 0.588. The number of para-hydroxylation sites is 1. The Hall–Kier alpha value is -6.59. The first-order valence-electron chi connectivity index (χ1n) is 16.1. The predicted molar refractivity (Wildman–Crippen MR) is 194 cm³/mol. The average Bonchev–Trinajstić information content (AvgIpc) is 3.66. The number of fused-ring (bicyclic) bond motifs is 6. The monoisotopic (exact) mass is 612 g/mol. The molecule has 1 aliphatic rings. The maximum absolute atomic E-state index is 6.43. The fourth-order valence-corrected chi connectivity index (χ4v) is 7.71. The van der Waals surface area contributed by atoms with E-state index in [1.165, 1.54) is 32.7 Å². The number of furan rings is 1. The Morgan fingerprint density at radius 3 is 1.83 bits per heavy atom. The van der Waals surface area contributed by atoms with Crippen LogP contribution in [-0.4, -0.2) is 19.5 Å². The summed E-state index contributed by atoms with van der Waals surface area (Å²) < 4.78 is 8.65. The molecule has 5 heteroatoms. The fourth-order valence-electron chi connectivity index (χ4n) is 7.71. The second-order valence-corrected chi connectivity index (χ2v) is 12.4. The molecule has 0 spiro atoms. The second kappa shape index (κ2) is 9.47. The van der Waals surface area contributed by atoms with E-state index in [2.05, 4.69) is 77.4 Å². The van der Waals surface area contributed by atoms with Crippen molar-refractivity contribution in [1.29, 1.82) is 0 Å². The smallest absolute Gasteiger partial charge is 0.238 e. The first kappa shape index (κ1) is 25.6.